The van der Waals surface area contributed by atoms with Crippen molar-refractivity contribution in [2.75, 3.05) is 0 Å². The van der Waals surface area contributed by atoms with Crippen molar-refractivity contribution in [2.24, 2.45) is 5.84 Å². The molecule has 0 fully saturated rings. The number of phenolic OH excluding ortho intramolecular Hbond substituents is 2. The second-order valence-electron chi connectivity index (χ2n) is 6.27. The molecule has 0 heterocycles. The van der Waals surface area contributed by atoms with Gasteiger partial charge in [0.05, 0.1) is 0 Å². The van der Waals surface area contributed by atoms with E-state index in [1.165, 1.54) is 23.8 Å². The first-order chi connectivity index (χ1) is 12.4. The summed E-state index contributed by atoms with van der Waals surface area (Å²) in [5, 5.41) is 32.7. The summed E-state index contributed by atoms with van der Waals surface area (Å²) >= 11 is 0. The molecule has 0 aromatic heterocycles. The molecule has 0 saturated carbocycles. The molecule has 0 aliphatic rings. The van der Waals surface area contributed by atoms with E-state index in [2.05, 4.69) is 5.32 Å². The molecule has 140 valence electrons. The van der Waals surface area contributed by atoms with Crippen LogP contribution in [0.4, 0.5) is 0 Å². The van der Waals surface area contributed by atoms with E-state index in [0.717, 1.165) is 12.8 Å². The van der Waals surface area contributed by atoms with Gasteiger partial charge >= 0.3 is 0 Å². The molecule has 2 aromatic carbocycles. The lowest BCUT2D eigenvalue weighted by Gasteiger charge is -2.26. The summed E-state index contributed by atoms with van der Waals surface area (Å²) in [6.07, 6.45) is 0.331. The molecule has 26 heavy (non-hydrogen) atoms. The first kappa shape index (κ1) is 19.7. The molecule has 2 rings (SSSR count). The molecule has 0 bridgehead atoms. The van der Waals surface area contributed by atoms with Gasteiger partial charge in [0.2, 0.25) is 0 Å². The second-order valence-corrected chi connectivity index (χ2v) is 6.27. The van der Waals surface area contributed by atoms with Crippen molar-refractivity contribution in [1.82, 2.24) is 10.7 Å². The number of benzene rings is 2. The summed E-state index contributed by atoms with van der Waals surface area (Å²) in [7, 11) is 0. The number of carbonyl (C=O) groups is 1. The fraction of sp³-hybridized carbons (Fsp3) is 0.316. The third-order valence-electron chi connectivity index (χ3n) is 4.25. The van der Waals surface area contributed by atoms with Gasteiger partial charge in [-0.05, 0) is 43.0 Å². The van der Waals surface area contributed by atoms with Gasteiger partial charge in [-0.15, -0.1) is 0 Å². The van der Waals surface area contributed by atoms with Crippen molar-refractivity contribution < 1.29 is 20.1 Å². The van der Waals surface area contributed by atoms with Crippen LogP contribution >= 0.6 is 0 Å². The van der Waals surface area contributed by atoms with Crippen molar-refractivity contribution in [3.63, 3.8) is 0 Å². The normalized spacial score (nSPS) is 14.4. The van der Waals surface area contributed by atoms with Crippen molar-refractivity contribution in [1.29, 1.82) is 0 Å². The number of aromatic hydroxyl groups is 2. The van der Waals surface area contributed by atoms with Crippen LogP contribution in [0.2, 0.25) is 0 Å². The molecule has 0 aliphatic heterocycles. The molecule has 0 spiro atoms. The Balaban J connectivity index is 2.06. The number of nitrogens with one attached hydrogen (secondary N) is 2. The lowest BCUT2D eigenvalue weighted by Crippen LogP contribution is -2.52. The van der Waals surface area contributed by atoms with Crippen LogP contribution in [-0.4, -0.2) is 33.3 Å². The summed E-state index contributed by atoms with van der Waals surface area (Å²) in [6, 6.07) is 12.8. The Bertz CT molecular complexity index is 724. The van der Waals surface area contributed by atoms with Crippen LogP contribution in [0, 0.1) is 0 Å². The lowest BCUT2D eigenvalue weighted by molar-refractivity contribution is -0.126. The van der Waals surface area contributed by atoms with Crippen LogP contribution < -0.4 is 16.6 Å². The molecule has 7 nitrogen and oxygen atoms in total. The quantitative estimate of drug-likeness (QED) is 0.181. The third kappa shape index (κ3) is 5.19. The minimum Gasteiger partial charge on any atom is -0.504 e. The molecule has 7 N–H and O–H groups in total. The van der Waals surface area contributed by atoms with Crippen molar-refractivity contribution >= 4 is 5.91 Å². The number of aliphatic hydroxyl groups excluding tert-OH is 1. The van der Waals surface area contributed by atoms with E-state index in [4.69, 9.17) is 5.84 Å². The fourth-order valence-electron chi connectivity index (χ4n) is 2.73. The van der Waals surface area contributed by atoms with Crippen LogP contribution in [0.3, 0.4) is 0 Å². The molecule has 2 aromatic rings. The third-order valence-corrected chi connectivity index (χ3v) is 4.25. The molecule has 1 amide bonds. The Labute approximate surface area is 152 Å². The first-order valence-corrected chi connectivity index (χ1v) is 8.42. The molecule has 0 saturated heterocycles. The van der Waals surface area contributed by atoms with Gasteiger partial charge in [0.1, 0.15) is 12.1 Å². The number of amides is 1. The largest absolute Gasteiger partial charge is 0.504 e. The van der Waals surface area contributed by atoms with E-state index in [1.54, 1.807) is 0 Å². The SMILES string of the molecule is CC(CCc1ccccc1)N[C@H](C(=O)NN)C(O)c1ccc(O)c(O)c1. The number of aryl methyl sites for hydroxylation is 1. The van der Waals surface area contributed by atoms with Crippen LogP contribution in [0.5, 0.6) is 11.5 Å². The van der Waals surface area contributed by atoms with Crippen molar-refractivity contribution in [3.05, 3.63) is 59.7 Å². The number of rotatable bonds is 8. The Morgan fingerprint density at radius 2 is 1.81 bits per heavy atom. The highest BCUT2D eigenvalue weighted by atomic mass is 16.3. The van der Waals surface area contributed by atoms with Gasteiger partial charge in [-0.1, -0.05) is 36.4 Å². The summed E-state index contributed by atoms with van der Waals surface area (Å²) < 4.78 is 0. The van der Waals surface area contributed by atoms with E-state index < -0.39 is 18.1 Å². The predicted octanol–water partition coefficient (Wildman–Crippen LogP) is 1.10. The van der Waals surface area contributed by atoms with Crippen molar-refractivity contribution in [2.45, 2.75) is 38.0 Å². The number of hydrogen-bond acceptors (Lipinski definition) is 6. The van der Waals surface area contributed by atoms with E-state index in [-0.39, 0.29) is 23.1 Å². The van der Waals surface area contributed by atoms with Gasteiger partial charge in [-0.3, -0.25) is 10.2 Å². The number of nitrogens with two attached hydrogens (primary N) is 1. The molecular weight excluding hydrogens is 334 g/mol. The average Bonchev–Trinajstić information content (AvgIpc) is 2.66. The summed E-state index contributed by atoms with van der Waals surface area (Å²) in [4.78, 5) is 12.1. The zero-order valence-corrected chi connectivity index (χ0v) is 14.6. The Morgan fingerprint density at radius 1 is 1.12 bits per heavy atom. The highest BCUT2D eigenvalue weighted by molar-refractivity contribution is 5.82. The fourth-order valence-corrected chi connectivity index (χ4v) is 2.73. The predicted molar refractivity (Wildman–Crippen MR) is 98.2 cm³/mol. The average molecular weight is 359 g/mol. The van der Waals surface area contributed by atoms with E-state index in [0.29, 0.717) is 0 Å². The van der Waals surface area contributed by atoms with Gasteiger partial charge in [-0.2, -0.15) is 0 Å². The number of carbonyl (C=O) groups excluding carboxylic acids is 1. The Morgan fingerprint density at radius 3 is 2.42 bits per heavy atom. The Kier molecular flexibility index (Phi) is 6.97. The van der Waals surface area contributed by atoms with E-state index >= 15 is 0 Å². The zero-order chi connectivity index (χ0) is 19.1. The van der Waals surface area contributed by atoms with E-state index in [9.17, 15) is 20.1 Å². The number of phenols is 2. The molecule has 0 radical (unpaired) electrons. The highest BCUT2D eigenvalue weighted by Crippen LogP contribution is 2.29. The molecular formula is C19H25N3O4. The minimum atomic E-state index is -1.25. The molecule has 0 aliphatic carbocycles. The minimum absolute atomic E-state index is 0.0714. The van der Waals surface area contributed by atoms with E-state index in [1.807, 2.05) is 42.7 Å². The zero-order valence-electron chi connectivity index (χ0n) is 14.6. The molecule has 7 heteroatoms. The lowest BCUT2D eigenvalue weighted by atomic mass is 9.99. The molecule has 2 unspecified atom stereocenters. The number of hydrazine groups is 1. The smallest absolute Gasteiger partial charge is 0.254 e. The number of hydrogen-bond donors (Lipinski definition) is 6. The van der Waals surface area contributed by atoms with Gasteiger partial charge in [0.25, 0.3) is 5.91 Å². The maximum Gasteiger partial charge on any atom is 0.254 e. The second kappa shape index (κ2) is 9.19. The highest BCUT2D eigenvalue weighted by Gasteiger charge is 2.29. The summed E-state index contributed by atoms with van der Waals surface area (Å²) in [5.41, 5.74) is 3.52. The maximum atomic E-state index is 12.1. The van der Waals surface area contributed by atoms with Crippen molar-refractivity contribution in [3.8, 4) is 11.5 Å². The van der Waals surface area contributed by atoms with Crippen LogP contribution in [0.25, 0.3) is 0 Å². The summed E-state index contributed by atoms with van der Waals surface area (Å²) in [6.45, 7) is 1.92. The maximum absolute atomic E-state index is 12.1. The van der Waals surface area contributed by atoms with Gasteiger partial charge < -0.3 is 20.6 Å². The van der Waals surface area contributed by atoms with Gasteiger partial charge in [-0.25, -0.2) is 5.84 Å². The van der Waals surface area contributed by atoms with Crippen LogP contribution in [0.1, 0.15) is 30.6 Å². The monoisotopic (exact) mass is 359 g/mol. The van der Waals surface area contributed by atoms with Crippen LogP contribution in [0.15, 0.2) is 48.5 Å². The molecule has 3 atom stereocenters. The standard InChI is InChI=1S/C19H25N3O4/c1-12(7-8-13-5-3-2-4-6-13)21-17(19(26)22-20)18(25)14-9-10-15(23)16(24)11-14/h2-6,9-12,17-18,21,23-25H,7-8,20H2,1H3,(H,22,26)/t12?,17-,18?/m0/s1. The topological polar surface area (TPSA) is 128 Å². The van der Waals surface area contributed by atoms with Gasteiger partial charge in [0, 0.05) is 6.04 Å². The Hall–Kier alpha value is -2.61. The van der Waals surface area contributed by atoms with Gasteiger partial charge in [0.15, 0.2) is 11.5 Å². The first-order valence-electron chi connectivity index (χ1n) is 8.42. The number of aliphatic hydroxyl groups is 1. The summed E-state index contributed by atoms with van der Waals surface area (Å²) in [5.74, 6) is 4.00. The van der Waals surface area contributed by atoms with Crippen LogP contribution in [-0.2, 0) is 11.2 Å².